The van der Waals surface area contributed by atoms with Crippen LogP contribution in [0.4, 0.5) is 0 Å². The quantitative estimate of drug-likeness (QED) is 0.755. The Hall–Kier alpha value is -2.57. The first kappa shape index (κ1) is 22.1. The number of nitrogens with zero attached hydrogens (tertiary/aromatic N) is 3. The van der Waals surface area contributed by atoms with Crippen LogP contribution in [0.3, 0.4) is 0 Å². The second kappa shape index (κ2) is 9.06. The molecule has 3 amide bonds. The van der Waals surface area contributed by atoms with Crippen molar-refractivity contribution in [2.45, 2.75) is 46.1 Å². The standard InChI is InChI=1S/C23H33N3O4/c1-17-6-8-19(9-7-17)30-16-21(28)24-10-5-11-25(13-12-24)22(29)18-14-20(27)26(15-18)23(2,3)4/h6-9,18H,5,10-16H2,1-4H3. The van der Waals surface area contributed by atoms with Crippen LogP contribution in [0.15, 0.2) is 24.3 Å². The van der Waals surface area contributed by atoms with E-state index in [9.17, 15) is 14.4 Å². The Balaban J connectivity index is 1.50. The van der Waals surface area contributed by atoms with E-state index in [2.05, 4.69) is 0 Å². The van der Waals surface area contributed by atoms with Gasteiger partial charge in [-0.15, -0.1) is 0 Å². The van der Waals surface area contributed by atoms with Crippen LogP contribution < -0.4 is 4.74 Å². The molecule has 7 heteroatoms. The maximum absolute atomic E-state index is 13.0. The molecule has 0 radical (unpaired) electrons. The highest BCUT2D eigenvalue weighted by atomic mass is 16.5. The number of carbonyl (C=O) groups excluding carboxylic acids is 3. The van der Waals surface area contributed by atoms with E-state index in [1.165, 1.54) is 0 Å². The number of hydrogen-bond donors (Lipinski definition) is 0. The highest BCUT2D eigenvalue weighted by molar-refractivity contribution is 5.89. The van der Waals surface area contributed by atoms with Crippen molar-refractivity contribution in [1.29, 1.82) is 0 Å². The average Bonchev–Trinajstić information content (AvgIpc) is 2.93. The smallest absolute Gasteiger partial charge is 0.260 e. The molecule has 3 rings (SSSR count). The molecule has 0 aromatic heterocycles. The topological polar surface area (TPSA) is 70.2 Å². The van der Waals surface area contributed by atoms with Crippen LogP contribution in [0.25, 0.3) is 0 Å². The number of hydrogen-bond acceptors (Lipinski definition) is 4. The van der Waals surface area contributed by atoms with Crippen LogP contribution in [0.2, 0.25) is 0 Å². The van der Waals surface area contributed by atoms with Crippen LogP contribution in [0.1, 0.15) is 39.2 Å². The first-order chi connectivity index (χ1) is 14.1. The third-order valence-corrected chi connectivity index (χ3v) is 5.83. The second-order valence-corrected chi connectivity index (χ2v) is 9.24. The van der Waals surface area contributed by atoms with Crippen molar-refractivity contribution < 1.29 is 19.1 Å². The fourth-order valence-corrected chi connectivity index (χ4v) is 4.04. The highest BCUT2D eigenvalue weighted by Crippen LogP contribution is 2.27. The molecule has 164 valence electrons. The van der Waals surface area contributed by atoms with Crippen molar-refractivity contribution in [3.8, 4) is 5.75 Å². The van der Waals surface area contributed by atoms with Crippen LogP contribution in [-0.2, 0) is 14.4 Å². The Bertz CT molecular complexity index is 785. The summed E-state index contributed by atoms with van der Waals surface area (Å²) < 4.78 is 5.61. The lowest BCUT2D eigenvalue weighted by Crippen LogP contribution is -2.44. The van der Waals surface area contributed by atoms with E-state index in [0.717, 1.165) is 12.0 Å². The van der Waals surface area contributed by atoms with Crippen LogP contribution in [-0.4, -0.2) is 77.3 Å². The van der Waals surface area contributed by atoms with Crippen molar-refractivity contribution in [3.05, 3.63) is 29.8 Å². The number of amides is 3. The molecular weight excluding hydrogens is 382 g/mol. The third-order valence-electron chi connectivity index (χ3n) is 5.83. The molecule has 1 unspecified atom stereocenters. The van der Waals surface area contributed by atoms with Gasteiger partial charge in [0.1, 0.15) is 5.75 Å². The minimum atomic E-state index is -0.288. The summed E-state index contributed by atoms with van der Waals surface area (Å²) in [4.78, 5) is 43.3. The third kappa shape index (κ3) is 5.32. The molecule has 0 spiro atoms. The number of rotatable bonds is 4. The van der Waals surface area contributed by atoms with Gasteiger partial charge in [-0.1, -0.05) is 17.7 Å². The zero-order valence-corrected chi connectivity index (χ0v) is 18.5. The molecule has 1 atom stereocenters. The summed E-state index contributed by atoms with van der Waals surface area (Å²) >= 11 is 0. The fourth-order valence-electron chi connectivity index (χ4n) is 4.04. The molecule has 1 aromatic carbocycles. The Morgan fingerprint density at radius 1 is 1.03 bits per heavy atom. The van der Waals surface area contributed by atoms with Gasteiger partial charge in [0.15, 0.2) is 6.61 Å². The van der Waals surface area contributed by atoms with Gasteiger partial charge in [0.25, 0.3) is 5.91 Å². The Morgan fingerprint density at radius 2 is 1.67 bits per heavy atom. The van der Waals surface area contributed by atoms with Crippen molar-refractivity contribution in [1.82, 2.24) is 14.7 Å². The molecule has 0 bridgehead atoms. The molecule has 0 saturated carbocycles. The number of benzene rings is 1. The van der Waals surface area contributed by atoms with E-state index in [-0.39, 0.29) is 42.2 Å². The zero-order valence-electron chi connectivity index (χ0n) is 18.5. The van der Waals surface area contributed by atoms with Gasteiger partial charge in [0.05, 0.1) is 5.92 Å². The van der Waals surface area contributed by atoms with E-state index in [4.69, 9.17) is 4.74 Å². The van der Waals surface area contributed by atoms with E-state index in [0.29, 0.717) is 38.5 Å². The van der Waals surface area contributed by atoms with Gasteiger partial charge in [0.2, 0.25) is 11.8 Å². The van der Waals surface area contributed by atoms with E-state index >= 15 is 0 Å². The predicted molar refractivity (Wildman–Crippen MR) is 114 cm³/mol. The van der Waals surface area contributed by atoms with E-state index < -0.39 is 0 Å². The molecule has 2 saturated heterocycles. The Kier molecular flexibility index (Phi) is 6.68. The Morgan fingerprint density at radius 3 is 2.30 bits per heavy atom. The summed E-state index contributed by atoms with van der Waals surface area (Å²) in [6.45, 7) is 10.7. The molecule has 0 aliphatic carbocycles. The lowest BCUT2D eigenvalue weighted by molar-refractivity contribution is -0.137. The van der Waals surface area contributed by atoms with Crippen LogP contribution >= 0.6 is 0 Å². The van der Waals surface area contributed by atoms with Gasteiger partial charge in [-0.05, 0) is 46.2 Å². The summed E-state index contributed by atoms with van der Waals surface area (Å²) in [6, 6.07) is 7.61. The minimum Gasteiger partial charge on any atom is -0.484 e. The molecule has 2 heterocycles. The summed E-state index contributed by atoms with van der Waals surface area (Å²) in [7, 11) is 0. The number of ether oxygens (including phenoxy) is 1. The van der Waals surface area contributed by atoms with E-state index in [1.807, 2.05) is 56.9 Å². The van der Waals surface area contributed by atoms with Crippen LogP contribution in [0, 0.1) is 12.8 Å². The fraction of sp³-hybridized carbons (Fsp3) is 0.609. The van der Waals surface area contributed by atoms with Crippen molar-refractivity contribution in [2.24, 2.45) is 5.92 Å². The van der Waals surface area contributed by atoms with Gasteiger partial charge >= 0.3 is 0 Å². The lowest BCUT2D eigenvalue weighted by atomic mass is 10.1. The predicted octanol–water partition coefficient (Wildman–Crippen LogP) is 2.08. The number of likely N-dealkylation sites (tertiary alicyclic amines) is 1. The monoisotopic (exact) mass is 415 g/mol. The van der Waals surface area contributed by atoms with Gasteiger partial charge in [0, 0.05) is 44.7 Å². The Labute approximate surface area is 179 Å². The van der Waals surface area contributed by atoms with Gasteiger partial charge in [-0.2, -0.15) is 0 Å². The summed E-state index contributed by atoms with van der Waals surface area (Å²) in [5, 5.41) is 0. The molecule has 0 N–H and O–H groups in total. The maximum atomic E-state index is 13.0. The summed E-state index contributed by atoms with van der Waals surface area (Å²) in [5.74, 6) is 0.389. The minimum absolute atomic E-state index is 0.00528. The SMILES string of the molecule is Cc1ccc(OCC(=O)N2CCCN(C(=O)C3CC(=O)N(C(C)(C)C)C3)CC2)cc1. The normalized spacial score (nSPS) is 20.3. The van der Waals surface area contributed by atoms with Gasteiger partial charge in [-0.3, -0.25) is 14.4 Å². The zero-order chi connectivity index (χ0) is 21.9. The highest BCUT2D eigenvalue weighted by Gasteiger charge is 2.41. The van der Waals surface area contributed by atoms with E-state index in [1.54, 1.807) is 9.80 Å². The van der Waals surface area contributed by atoms with Crippen LogP contribution in [0.5, 0.6) is 5.75 Å². The number of carbonyl (C=O) groups is 3. The van der Waals surface area contributed by atoms with Gasteiger partial charge in [-0.25, -0.2) is 0 Å². The van der Waals surface area contributed by atoms with Gasteiger partial charge < -0.3 is 19.4 Å². The molecule has 1 aromatic rings. The molecule has 2 fully saturated rings. The molecule has 7 nitrogen and oxygen atoms in total. The first-order valence-corrected chi connectivity index (χ1v) is 10.7. The average molecular weight is 416 g/mol. The molecule has 30 heavy (non-hydrogen) atoms. The van der Waals surface area contributed by atoms with Crippen molar-refractivity contribution >= 4 is 17.7 Å². The maximum Gasteiger partial charge on any atom is 0.260 e. The summed E-state index contributed by atoms with van der Waals surface area (Å²) in [6.07, 6.45) is 1.01. The molecular formula is C23H33N3O4. The summed E-state index contributed by atoms with van der Waals surface area (Å²) in [5.41, 5.74) is 0.867. The van der Waals surface area contributed by atoms with Crippen molar-refractivity contribution in [2.75, 3.05) is 39.3 Å². The largest absolute Gasteiger partial charge is 0.484 e. The number of aryl methyl sites for hydroxylation is 1. The molecule has 2 aliphatic heterocycles. The lowest BCUT2D eigenvalue weighted by Gasteiger charge is -2.32. The van der Waals surface area contributed by atoms with Crippen molar-refractivity contribution in [3.63, 3.8) is 0 Å². The molecule has 2 aliphatic rings. The first-order valence-electron chi connectivity index (χ1n) is 10.7. The second-order valence-electron chi connectivity index (χ2n) is 9.24.